The van der Waals surface area contributed by atoms with E-state index in [9.17, 15) is 9.18 Å². The molecule has 0 bridgehead atoms. The lowest BCUT2D eigenvalue weighted by atomic mass is 10.0. The van der Waals surface area contributed by atoms with E-state index in [0.717, 1.165) is 12.8 Å². The first kappa shape index (κ1) is 7.51. The summed E-state index contributed by atoms with van der Waals surface area (Å²) in [5.41, 5.74) is 0. The molecule has 1 aliphatic rings. The highest BCUT2D eigenvalue weighted by Crippen LogP contribution is 2.38. The number of carboxylic acids is 1. The van der Waals surface area contributed by atoms with Crippen LogP contribution >= 0.6 is 0 Å². The maximum absolute atomic E-state index is 12.0. The van der Waals surface area contributed by atoms with Crippen LogP contribution in [0, 0.1) is 11.8 Å². The Morgan fingerprint density at radius 2 is 2.30 bits per heavy atom. The van der Waals surface area contributed by atoms with Crippen LogP contribution in [0.1, 0.15) is 19.3 Å². The molecule has 1 fully saturated rings. The number of hydrogen-bond donors (Lipinski definition) is 1. The van der Waals surface area contributed by atoms with Gasteiger partial charge in [0.1, 0.15) is 0 Å². The third-order valence-corrected chi connectivity index (χ3v) is 1.92. The lowest BCUT2D eigenvalue weighted by Gasteiger charge is -2.06. The molecule has 0 radical (unpaired) electrons. The largest absolute Gasteiger partial charge is 0.481 e. The predicted molar refractivity (Wildman–Crippen MR) is 34.4 cm³/mol. The van der Waals surface area contributed by atoms with E-state index in [4.69, 9.17) is 5.11 Å². The molecule has 58 valence electrons. The van der Waals surface area contributed by atoms with Crippen LogP contribution in [0.2, 0.25) is 0 Å². The third kappa shape index (κ3) is 1.97. The van der Waals surface area contributed by atoms with Crippen molar-refractivity contribution in [2.45, 2.75) is 19.3 Å². The summed E-state index contributed by atoms with van der Waals surface area (Å²) >= 11 is 0. The van der Waals surface area contributed by atoms with Gasteiger partial charge < -0.3 is 5.11 Å². The molecule has 0 aromatic rings. The summed E-state index contributed by atoms with van der Waals surface area (Å²) in [6, 6.07) is 0. The first-order chi connectivity index (χ1) is 4.74. The van der Waals surface area contributed by atoms with Gasteiger partial charge in [0.25, 0.3) is 0 Å². The zero-order chi connectivity index (χ0) is 7.56. The number of carbonyl (C=O) groups is 1. The monoisotopic (exact) mass is 146 g/mol. The van der Waals surface area contributed by atoms with Crippen LogP contribution in [0.3, 0.4) is 0 Å². The first-order valence-electron chi connectivity index (χ1n) is 3.51. The van der Waals surface area contributed by atoms with Crippen molar-refractivity contribution < 1.29 is 14.3 Å². The van der Waals surface area contributed by atoms with Gasteiger partial charge in [0.2, 0.25) is 0 Å². The summed E-state index contributed by atoms with van der Waals surface area (Å²) in [4.78, 5) is 10.1. The second kappa shape index (κ2) is 2.99. The highest BCUT2D eigenvalue weighted by molar-refractivity contribution is 5.67. The number of carboxylic acid groups (broad SMARTS) is 1. The van der Waals surface area contributed by atoms with Gasteiger partial charge in [-0.3, -0.25) is 9.18 Å². The fourth-order valence-corrected chi connectivity index (χ4v) is 1.14. The molecule has 1 rings (SSSR count). The molecule has 0 aromatic heterocycles. The van der Waals surface area contributed by atoms with Gasteiger partial charge in [-0.05, 0) is 18.8 Å². The number of rotatable bonds is 4. The predicted octanol–water partition coefficient (Wildman–Crippen LogP) is 1.46. The van der Waals surface area contributed by atoms with E-state index in [1.54, 1.807) is 0 Å². The zero-order valence-electron chi connectivity index (χ0n) is 5.72. The minimum atomic E-state index is -0.880. The molecule has 0 aliphatic heterocycles. The Bertz CT molecular complexity index is 132. The molecule has 2 nitrogen and oxygen atoms in total. The average molecular weight is 146 g/mol. The Hall–Kier alpha value is -0.600. The van der Waals surface area contributed by atoms with Crippen LogP contribution in [0.5, 0.6) is 0 Å². The summed E-state index contributed by atoms with van der Waals surface area (Å²) in [5, 5.41) is 8.32. The second-order valence-electron chi connectivity index (χ2n) is 2.85. The molecular weight excluding hydrogens is 135 g/mol. The molecule has 1 atom stereocenters. The van der Waals surface area contributed by atoms with Crippen LogP contribution in [0.25, 0.3) is 0 Å². The quantitative estimate of drug-likeness (QED) is 0.651. The summed E-state index contributed by atoms with van der Waals surface area (Å²) in [5.74, 6) is -0.729. The van der Waals surface area contributed by atoms with Crippen LogP contribution in [-0.4, -0.2) is 17.8 Å². The standard InChI is InChI=1S/C7H11FO2/c8-4-6(3-7(9)10)5-1-2-5/h5-6H,1-4H2,(H,9,10). The van der Waals surface area contributed by atoms with E-state index in [1.807, 2.05) is 0 Å². The van der Waals surface area contributed by atoms with E-state index in [-0.39, 0.29) is 12.3 Å². The van der Waals surface area contributed by atoms with Crippen LogP contribution < -0.4 is 0 Å². The van der Waals surface area contributed by atoms with Crippen molar-refractivity contribution in [1.82, 2.24) is 0 Å². The number of halogens is 1. The van der Waals surface area contributed by atoms with Crippen LogP contribution in [0.15, 0.2) is 0 Å². The molecule has 3 heteroatoms. The fourth-order valence-electron chi connectivity index (χ4n) is 1.14. The molecule has 1 unspecified atom stereocenters. The van der Waals surface area contributed by atoms with E-state index in [2.05, 4.69) is 0 Å². The van der Waals surface area contributed by atoms with Gasteiger partial charge >= 0.3 is 5.97 Å². The number of aliphatic carboxylic acids is 1. The Balaban J connectivity index is 2.25. The zero-order valence-corrected chi connectivity index (χ0v) is 5.72. The minimum Gasteiger partial charge on any atom is -0.481 e. The van der Waals surface area contributed by atoms with Crippen molar-refractivity contribution in [1.29, 1.82) is 0 Å². The third-order valence-electron chi connectivity index (χ3n) is 1.92. The normalized spacial score (nSPS) is 20.5. The van der Waals surface area contributed by atoms with Gasteiger partial charge in [0, 0.05) is 5.92 Å². The van der Waals surface area contributed by atoms with Gasteiger partial charge in [-0.1, -0.05) is 0 Å². The Kier molecular flexibility index (Phi) is 2.25. The van der Waals surface area contributed by atoms with Crippen LogP contribution in [-0.2, 0) is 4.79 Å². The smallest absolute Gasteiger partial charge is 0.303 e. The second-order valence-corrected chi connectivity index (χ2v) is 2.85. The molecule has 1 N–H and O–H groups in total. The van der Waals surface area contributed by atoms with Gasteiger partial charge in [0.05, 0.1) is 13.1 Å². The molecule has 0 heterocycles. The van der Waals surface area contributed by atoms with Crippen molar-refractivity contribution in [3.05, 3.63) is 0 Å². The average Bonchev–Trinajstić information content (AvgIpc) is 2.63. The first-order valence-corrected chi connectivity index (χ1v) is 3.51. The molecule has 0 aromatic carbocycles. The van der Waals surface area contributed by atoms with Crippen molar-refractivity contribution >= 4 is 5.97 Å². The maximum atomic E-state index is 12.0. The van der Waals surface area contributed by atoms with E-state index >= 15 is 0 Å². The molecule has 1 aliphatic carbocycles. The molecule has 10 heavy (non-hydrogen) atoms. The minimum absolute atomic E-state index is 0.00116. The summed E-state index contributed by atoms with van der Waals surface area (Å²) < 4.78 is 12.0. The Labute approximate surface area is 59.0 Å². The van der Waals surface area contributed by atoms with Gasteiger partial charge in [-0.15, -0.1) is 0 Å². The highest BCUT2D eigenvalue weighted by atomic mass is 19.1. The molecule has 1 saturated carbocycles. The molecule has 0 saturated heterocycles. The van der Waals surface area contributed by atoms with E-state index < -0.39 is 12.6 Å². The van der Waals surface area contributed by atoms with E-state index in [1.165, 1.54) is 0 Å². The van der Waals surface area contributed by atoms with E-state index in [0.29, 0.717) is 5.92 Å². The Morgan fingerprint density at radius 1 is 1.70 bits per heavy atom. The lowest BCUT2D eigenvalue weighted by Crippen LogP contribution is -2.11. The van der Waals surface area contributed by atoms with Crippen molar-refractivity contribution in [2.75, 3.05) is 6.67 Å². The van der Waals surface area contributed by atoms with Gasteiger partial charge in [-0.2, -0.15) is 0 Å². The molecular formula is C7H11FO2. The molecule has 0 spiro atoms. The summed E-state index contributed by atoms with van der Waals surface area (Å²) in [7, 11) is 0. The molecule has 0 amide bonds. The highest BCUT2D eigenvalue weighted by Gasteiger charge is 2.32. The van der Waals surface area contributed by atoms with Crippen molar-refractivity contribution in [3.63, 3.8) is 0 Å². The SMILES string of the molecule is O=C(O)CC(CF)C1CC1. The summed E-state index contributed by atoms with van der Waals surface area (Å²) in [6.45, 7) is -0.475. The lowest BCUT2D eigenvalue weighted by molar-refractivity contribution is -0.138. The topological polar surface area (TPSA) is 37.3 Å². The van der Waals surface area contributed by atoms with Crippen molar-refractivity contribution in [2.24, 2.45) is 11.8 Å². The fraction of sp³-hybridized carbons (Fsp3) is 0.857. The Morgan fingerprint density at radius 3 is 2.60 bits per heavy atom. The van der Waals surface area contributed by atoms with Gasteiger partial charge in [0.15, 0.2) is 0 Å². The summed E-state index contributed by atoms with van der Waals surface area (Å²) in [6.07, 6.45) is 2.03. The van der Waals surface area contributed by atoms with Crippen LogP contribution in [0.4, 0.5) is 4.39 Å². The van der Waals surface area contributed by atoms with Crippen molar-refractivity contribution in [3.8, 4) is 0 Å². The van der Waals surface area contributed by atoms with Gasteiger partial charge in [-0.25, -0.2) is 0 Å². The number of hydrogen-bond acceptors (Lipinski definition) is 1. The number of alkyl halides is 1. The maximum Gasteiger partial charge on any atom is 0.303 e.